The van der Waals surface area contributed by atoms with Gasteiger partial charge in [0, 0.05) is 0 Å². The van der Waals surface area contributed by atoms with Gasteiger partial charge in [0.2, 0.25) is 5.82 Å². The first kappa shape index (κ1) is 12.9. The minimum atomic E-state index is -3.42. The summed E-state index contributed by atoms with van der Waals surface area (Å²) < 4.78 is 28.3. The van der Waals surface area contributed by atoms with Gasteiger partial charge in [-0.1, -0.05) is 0 Å². The van der Waals surface area contributed by atoms with Crippen molar-refractivity contribution < 1.29 is 18.0 Å². The van der Waals surface area contributed by atoms with Crippen LogP contribution in [-0.4, -0.2) is 33.8 Å². The lowest BCUT2D eigenvalue weighted by atomic mass is 10.4. The minimum Gasteiger partial charge on any atom is -0.460 e. The first-order valence-electron chi connectivity index (χ1n) is 5.42. The predicted octanol–water partition coefficient (Wildman–Crippen LogP) is 1.35. The van der Waals surface area contributed by atoms with Gasteiger partial charge in [-0.2, -0.15) is 5.21 Å². The van der Waals surface area contributed by atoms with E-state index in [1.165, 1.54) is 12.3 Å². The SMILES string of the molecule is CCOP(=O)(OCC)c1ccoc1-c1nn[nH]n1. The Kier molecular flexibility index (Phi) is 3.90. The Morgan fingerprint density at radius 2 is 2.11 bits per heavy atom. The number of rotatable bonds is 6. The predicted molar refractivity (Wildman–Crippen MR) is 62.4 cm³/mol. The lowest BCUT2D eigenvalue weighted by Crippen LogP contribution is -2.11. The topological polar surface area (TPSA) is 103 Å². The molecule has 0 fully saturated rings. The summed E-state index contributed by atoms with van der Waals surface area (Å²) in [5, 5.41) is 13.6. The molecule has 2 rings (SSSR count). The van der Waals surface area contributed by atoms with E-state index in [4.69, 9.17) is 13.5 Å². The molecule has 0 aliphatic heterocycles. The molecule has 18 heavy (non-hydrogen) atoms. The molecule has 0 amide bonds. The average Bonchev–Trinajstić information content (AvgIpc) is 3.00. The Morgan fingerprint density at radius 1 is 1.39 bits per heavy atom. The number of hydrogen-bond donors (Lipinski definition) is 1. The van der Waals surface area contributed by atoms with Gasteiger partial charge in [-0.05, 0) is 25.1 Å². The number of aromatic amines is 1. The van der Waals surface area contributed by atoms with E-state index in [-0.39, 0.29) is 24.8 Å². The third-order valence-electron chi connectivity index (χ3n) is 2.09. The van der Waals surface area contributed by atoms with Crippen molar-refractivity contribution in [3.05, 3.63) is 12.3 Å². The summed E-state index contributed by atoms with van der Waals surface area (Å²) in [5.74, 6) is 0.434. The molecule has 0 unspecified atom stereocenters. The quantitative estimate of drug-likeness (QED) is 0.791. The number of hydrogen-bond acceptors (Lipinski definition) is 7. The first-order chi connectivity index (χ1) is 8.71. The van der Waals surface area contributed by atoms with Crippen molar-refractivity contribution in [3.8, 4) is 11.6 Å². The maximum absolute atomic E-state index is 12.6. The molecule has 8 nitrogen and oxygen atoms in total. The molecule has 9 heteroatoms. The summed E-state index contributed by atoms with van der Waals surface area (Å²) in [7, 11) is -3.42. The van der Waals surface area contributed by atoms with Gasteiger partial charge in [0.15, 0.2) is 5.76 Å². The molecule has 0 saturated heterocycles. The molecular weight excluding hydrogens is 259 g/mol. The first-order valence-corrected chi connectivity index (χ1v) is 6.96. The molecule has 0 saturated carbocycles. The third kappa shape index (κ3) is 2.35. The average molecular weight is 272 g/mol. The molecule has 0 aromatic carbocycles. The van der Waals surface area contributed by atoms with Gasteiger partial charge in [-0.3, -0.25) is 4.57 Å². The highest BCUT2D eigenvalue weighted by molar-refractivity contribution is 7.62. The van der Waals surface area contributed by atoms with E-state index in [1.54, 1.807) is 13.8 Å². The van der Waals surface area contributed by atoms with E-state index < -0.39 is 7.60 Å². The summed E-state index contributed by atoms with van der Waals surface area (Å²) in [4.78, 5) is 0. The Hall–Kier alpha value is -1.50. The van der Waals surface area contributed by atoms with E-state index in [0.717, 1.165) is 0 Å². The molecule has 98 valence electrons. The fraction of sp³-hybridized carbons (Fsp3) is 0.444. The van der Waals surface area contributed by atoms with Crippen LogP contribution in [-0.2, 0) is 13.6 Å². The van der Waals surface area contributed by atoms with Gasteiger partial charge in [0.25, 0.3) is 0 Å². The van der Waals surface area contributed by atoms with Gasteiger partial charge < -0.3 is 13.5 Å². The standard InChI is InChI=1S/C9H13N4O4P/c1-3-16-18(14,17-4-2)7-5-6-15-8(7)9-10-12-13-11-9/h5-6H,3-4H2,1-2H3,(H,10,11,12,13). The molecule has 2 aromatic rings. The van der Waals surface area contributed by atoms with E-state index in [2.05, 4.69) is 20.6 Å². The number of nitrogens with one attached hydrogen (secondary N) is 1. The van der Waals surface area contributed by atoms with E-state index in [1.807, 2.05) is 0 Å². The smallest absolute Gasteiger partial charge is 0.365 e. The molecular formula is C9H13N4O4P. The number of furan rings is 1. The lowest BCUT2D eigenvalue weighted by Gasteiger charge is -2.15. The van der Waals surface area contributed by atoms with Crippen LogP contribution in [0.2, 0.25) is 0 Å². The molecule has 0 aliphatic rings. The maximum Gasteiger partial charge on any atom is 0.365 e. The molecule has 0 bridgehead atoms. The lowest BCUT2D eigenvalue weighted by molar-refractivity contribution is 0.230. The zero-order chi connectivity index (χ0) is 13.0. The molecule has 0 spiro atoms. The van der Waals surface area contributed by atoms with Crippen LogP contribution in [0.1, 0.15) is 13.8 Å². The summed E-state index contributed by atoms with van der Waals surface area (Å²) in [6.07, 6.45) is 1.38. The highest BCUT2D eigenvalue weighted by atomic mass is 31.2. The second-order valence-corrected chi connectivity index (χ2v) is 5.20. The summed E-state index contributed by atoms with van der Waals surface area (Å²) >= 11 is 0. The van der Waals surface area contributed by atoms with Crippen LogP contribution in [0, 0.1) is 0 Å². The zero-order valence-corrected chi connectivity index (χ0v) is 10.9. The van der Waals surface area contributed by atoms with Crippen LogP contribution in [0.15, 0.2) is 16.7 Å². The van der Waals surface area contributed by atoms with Crippen molar-refractivity contribution in [2.75, 3.05) is 13.2 Å². The number of tetrazole rings is 1. The Bertz CT molecular complexity index is 529. The van der Waals surface area contributed by atoms with Gasteiger partial charge >= 0.3 is 7.60 Å². The van der Waals surface area contributed by atoms with Gasteiger partial charge in [-0.25, -0.2) is 0 Å². The van der Waals surface area contributed by atoms with Gasteiger partial charge in [0.1, 0.15) is 5.30 Å². The van der Waals surface area contributed by atoms with Crippen LogP contribution < -0.4 is 5.30 Å². The number of nitrogens with zero attached hydrogens (tertiary/aromatic N) is 3. The number of H-pyrrole nitrogens is 1. The molecule has 0 aliphatic carbocycles. The van der Waals surface area contributed by atoms with E-state index in [0.29, 0.717) is 5.30 Å². The largest absolute Gasteiger partial charge is 0.460 e. The zero-order valence-electron chi connectivity index (χ0n) is 9.99. The minimum absolute atomic E-state index is 0.203. The van der Waals surface area contributed by atoms with Crippen molar-refractivity contribution in [2.45, 2.75) is 13.8 Å². The van der Waals surface area contributed by atoms with Crippen molar-refractivity contribution in [2.24, 2.45) is 0 Å². The number of aromatic nitrogens is 4. The molecule has 0 radical (unpaired) electrons. The second-order valence-electron chi connectivity index (χ2n) is 3.20. The van der Waals surface area contributed by atoms with Crippen molar-refractivity contribution in [1.29, 1.82) is 0 Å². The van der Waals surface area contributed by atoms with Crippen molar-refractivity contribution in [1.82, 2.24) is 20.6 Å². The monoisotopic (exact) mass is 272 g/mol. The maximum atomic E-state index is 12.6. The Labute approximate surface area is 103 Å². The fourth-order valence-electron chi connectivity index (χ4n) is 1.46. The van der Waals surface area contributed by atoms with Crippen LogP contribution in [0.25, 0.3) is 11.6 Å². The van der Waals surface area contributed by atoms with Crippen LogP contribution >= 0.6 is 7.60 Å². The molecule has 2 aromatic heterocycles. The van der Waals surface area contributed by atoms with Gasteiger partial charge in [0.05, 0.1) is 19.5 Å². The normalized spacial score (nSPS) is 11.9. The highest BCUT2D eigenvalue weighted by Crippen LogP contribution is 2.49. The summed E-state index contributed by atoms with van der Waals surface area (Å²) in [5.41, 5.74) is 0. The van der Waals surface area contributed by atoms with E-state index >= 15 is 0 Å². The summed E-state index contributed by atoms with van der Waals surface area (Å²) in [6.45, 7) is 3.99. The van der Waals surface area contributed by atoms with E-state index in [9.17, 15) is 4.57 Å². The highest BCUT2D eigenvalue weighted by Gasteiger charge is 2.33. The molecule has 1 N–H and O–H groups in total. The van der Waals surface area contributed by atoms with Crippen molar-refractivity contribution in [3.63, 3.8) is 0 Å². The third-order valence-corrected chi connectivity index (χ3v) is 4.22. The van der Waals surface area contributed by atoms with Crippen LogP contribution in [0.4, 0.5) is 0 Å². The van der Waals surface area contributed by atoms with Crippen molar-refractivity contribution >= 4 is 12.9 Å². The Morgan fingerprint density at radius 3 is 2.67 bits per heavy atom. The second kappa shape index (κ2) is 5.43. The van der Waals surface area contributed by atoms with Crippen LogP contribution in [0.3, 0.4) is 0 Å². The fourth-order valence-corrected chi connectivity index (χ4v) is 3.14. The Balaban J connectivity index is 2.43. The van der Waals surface area contributed by atoms with Crippen LogP contribution in [0.5, 0.6) is 0 Å². The summed E-state index contributed by atoms with van der Waals surface area (Å²) in [6, 6.07) is 1.53. The molecule has 0 atom stereocenters. The molecule has 2 heterocycles. The van der Waals surface area contributed by atoms with Gasteiger partial charge in [-0.15, -0.1) is 10.2 Å².